The number of urea groups is 1. The molecular formula is C27H28N6O2S. The minimum absolute atomic E-state index is 0.000929. The van der Waals surface area contributed by atoms with Crippen molar-refractivity contribution in [2.75, 3.05) is 11.9 Å². The lowest BCUT2D eigenvalue weighted by Gasteiger charge is -2.26. The summed E-state index contributed by atoms with van der Waals surface area (Å²) in [7, 11) is 0. The second kappa shape index (κ2) is 10.3. The molecule has 2 aromatic carbocycles. The Morgan fingerprint density at radius 2 is 1.72 bits per heavy atom. The number of rotatable bonds is 6. The number of hydrogen-bond donors (Lipinski definition) is 2. The van der Waals surface area contributed by atoms with Crippen LogP contribution in [0.3, 0.4) is 0 Å². The van der Waals surface area contributed by atoms with Gasteiger partial charge in [0.15, 0.2) is 5.13 Å². The first-order valence-corrected chi connectivity index (χ1v) is 12.8. The van der Waals surface area contributed by atoms with Crippen molar-refractivity contribution >= 4 is 28.4 Å². The molecule has 9 heteroatoms. The first-order chi connectivity index (χ1) is 17.5. The molecule has 184 valence electrons. The van der Waals surface area contributed by atoms with E-state index in [1.807, 2.05) is 85.5 Å². The van der Waals surface area contributed by atoms with Crippen LogP contribution in [0.15, 0.2) is 66.7 Å². The first-order valence-electron chi connectivity index (χ1n) is 12.0. The summed E-state index contributed by atoms with van der Waals surface area (Å²) in [5.74, 6) is 0.000929. The molecule has 0 bridgehead atoms. The molecule has 2 N–H and O–H groups in total. The summed E-state index contributed by atoms with van der Waals surface area (Å²) in [6.45, 7) is 5.02. The highest BCUT2D eigenvalue weighted by Gasteiger charge is 2.26. The number of thiazole rings is 1. The van der Waals surface area contributed by atoms with Gasteiger partial charge in [0, 0.05) is 29.4 Å². The predicted octanol–water partition coefficient (Wildman–Crippen LogP) is 4.79. The number of anilines is 1. The fourth-order valence-electron chi connectivity index (χ4n) is 4.21. The summed E-state index contributed by atoms with van der Waals surface area (Å²) in [6.07, 6.45) is 0.658. The number of benzene rings is 2. The number of fused-ring (bicyclic) bond motifs is 1. The zero-order valence-corrected chi connectivity index (χ0v) is 21.1. The van der Waals surface area contributed by atoms with Crippen LogP contribution in [0, 0.1) is 0 Å². The lowest BCUT2D eigenvalue weighted by Crippen LogP contribution is -2.37. The molecule has 3 heterocycles. The molecule has 3 amide bonds. The monoisotopic (exact) mass is 500 g/mol. The van der Waals surface area contributed by atoms with E-state index in [4.69, 9.17) is 5.10 Å². The fraction of sp³-hybridized carbons (Fsp3) is 0.259. The number of hydrogen-bond acceptors (Lipinski definition) is 5. The Bertz CT molecular complexity index is 1360. The van der Waals surface area contributed by atoms with E-state index in [2.05, 4.69) is 15.6 Å². The summed E-state index contributed by atoms with van der Waals surface area (Å²) in [4.78, 5) is 32.8. The smallest absolute Gasteiger partial charge is 0.321 e. The summed E-state index contributed by atoms with van der Waals surface area (Å²) in [5.41, 5.74) is 4.70. The van der Waals surface area contributed by atoms with Crippen molar-refractivity contribution in [2.24, 2.45) is 0 Å². The average Bonchev–Trinajstić information content (AvgIpc) is 3.47. The lowest BCUT2D eigenvalue weighted by molar-refractivity contribution is -0.132. The lowest BCUT2D eigenvalue weighted by atomic mass is 10.1. The van der Waals surface area contributed by atoms with Crippen LogP contribution in [-0.2, 0) is 24.3 Å². The summed E-state index contributed by atoms with van der Waals surface area (Å²) < 4.78 is 1.80. The van der Waals surface area contributed by atoms with Gasteiger partial charge in [0.25, 0.3) is 0 Å². The molecule has 0 aliphatic carbocycles. The zero-order chi connectivity index (χ0) is 25.1. The van der Waals surface area contributed by atoms with Crippen LogP contribution < -0.4 is 10.6 Å². The third-order valence-corrected chi connectivity index (χ3v) is 6.93. The van der Waals surface area contributed by atoms with Gasteiger partial charge in [-0.15, -0.1) is 0 Å². The molecule has 1 aliphatic heterocycles. The van der Waals surface area contributed by atoms with E-state index in [0.717, 1.165) is 33.1 Å². The third-order valence-electron chi connectivity index (χ3n) is 5.93. The molecule has 36 heavy (non-hydrogen) atoms. The molecule has 0 atom stereocenters. The van der Waals surface area contributed by atoms with E-state index in [1.54, 1.807) is 4.68 Å². The van der Waals surface area contributed by atoms with Gasteiger partial charge in [-0.05, 0) is 25.5 Å². The van der Waals surface area contributed by atoms with Crippen molar-refractivity contribution in [3.05, 3.63) is 77.3 Å². The first kappa shape index (κ1) is 23.7. The van der Waals surface area contributed by atoms with Crippen molar-refractivity contribution < 1.29 is 9.59 Å². The van der Waals surface area contributed by atoms with Crippen LogP contribution in [-0.4, -0.2) is 44.2 Å². The summed E-state index contributed by atoms with van der Waals surface area (Å²) >= 11 is 1.42. The number of carbonyl (C=O) groups excluding carboxylic acids is 2. The van der Waals surface area contributed by atoms with Gasteiger partial charge >= 0.3 is 6.03 Å². The van der Waals surface area contributed by atoms with Gasteiger partial charge in [-0.3, -0.25) is 14.8 Å². The molecule has 2 aromatic heterocycles. The van der Waals surface area contributed by atoms with E-state index in [-0.39, 0.29) is 24.5 Å². The Labute approximate surface area is 214 Å². The van der Waals surface area contributed by atoms with E-state index in [0.29, 0.717) is 24.6 Å². The Hall–Kier alpha value is -3.98. The fourth-order valence-corrected chi connectivity index (χ4v) is 5.23. The number of carbonyl (C=O) groups is 2. The quantitative estimate of drug-likeness (QED) is 0.398. The molecule has 5 rings (SSSR count). The van der Waals surface area contributed by atoms with Crippen molar-refractivity contribution in [3.63, 3.8) is 0 Å². The summed E-state index contributed by atoms with van der Waals surface area (Å²) in [5, 5.41) is 11.0. The van der Waals surface area contributed by atoms with Crippen molar-refractivity contribution in [1.82, 2.24) is 25.0 Å². The molecule has 0 unspecified atom stereocenters. The van der Waals surface area contributed by atoms with Crippen LogP contribution in [0.5, 0.6) is 0 Å². The van der Waals surface area contributed by atoms with Crippen LogP contribution in [0.4, 0.5) is 9.93 Å². The van der Waals surface area contributed by atoms with E-state index in [9.17, 15) is 9.59 Å². The van der Waals surface area contributed by atoms with Crippen LogP contribution >= 0.6 is 11.3 Å². The molecule has 8 nitrogen and oxygen atoms in total. The largest absolute Gasteiger partial charge is 0.336 e. The highest BCUT2D eigenvalue weighted by molar-refractivity contribution is 7.15. The van der Waals surface area contributed by atoms with Crippen molar-refractivity contribution in [1.29, 1.82) is 0 Å². The van der Waals surface area contributed by atoms with Crippen molar-refractivity contribution in [3.8, 4) is 22.5 Å². The maximum Gasteiger partial charge on any atom is 0.321 e. The third kappa shape index (κ3) is 5.31. The molecule has 4 aromatic rings. The minimum Gasteiger partial charge on any atom is -0.336 e. The number of aromatic nitrogens is 3. The highest BCUT2D eigenvalue weighted by Crippen LogP contribution is 2.30. The van der Waals surface area contributed by atoms with Gasteiger partial charge in [0.1, 0.15) is 6.54 Å². The second-order valence-electron chi connectivity index (χ2n) is 9.01. The van der Waals surface area contributed by atoms with Gasteiger partial charge in [-0.25, -0.2) is 9.78 Å². The Morgan fingerprint density at radius 1 is 1.03 bits per heavy atom. The SMILES string of the molecule is CC(C)NC(=O)Nc1nc2c(s1)CN(C(=O)Cn1nc(-c3ccccc3)cc1-c1ccccc1)CC2. The predicted molar refractivity (Wildman–Crippen MR) is 142 cm³/mol. The second-order valence-corrected chi connectivity index (χ2v) is 10.1. The van der Waals surface area contributed by atoms with E-state index >= 15 is 0 Å². The molecule has 0 radical (unpaired) electrons. The number of nitrogens with zero attached hydrogens (tertiary/aromatic N) is 4. The number of nitrogens with one attached hydrogen (secondary N) is 2. The molecular weight excluding hydrogens is 472 g/mol. The van der Waals surface area contributed by atoms with Gasteiger partial charge in [0.2, 0.25) is 5.91 Å². The minimum atomic E-state index is -0.273. The number of amides is 3. The molecule has 0 saturated carbocycles. The standard InChI is InChI=1S/C27H28N6O2S/c1-18(2)28-26(35)30-27-29-21-13-14-32(16-24(21)36-27)25(34)17-33-23(20-11-7-4-8-12-20)15-22(31-33)19-9-5-3-6-10-19/h3-12,15,18H,13-14,16-17H2,1-2H3,(H2,28,29,30,35). The topological polar surface area (TPSA) is 92.2 Å². The van der Waals surface area contributed by atoms with Gasteiger partial charge in [-0.1, -0.05) is 72.0 Å². The van der Waals surface area contributed by atoms with Gasteiger partial charge in [0.05, 0.1) is 23.6 Å². The molecule has 0 saturated heterocycles. The van der Waals surface area contributed by atoms with Gasteiger partial charge in [-0.2, -0.15) is 5.10 Å². The van der Waals surface area contributed by atoms with Crippen LogP contribution in [0.1, 0.15) is 24.4 Å². The Morgan fingerprint density at radius 3 is 2.42 bits per heavy atom. The Kier molecular flexibility index (Phi) is 6.81. The van der Waals surface area contributed by atoms with E-state index in [1.165, 1.54) is 11.3 Å². The normalized spacial score (nSPS) is 12.9. The van der Waals surface area contributed by atoms with Crippen molar-refractivity contribution in [2.45, 2.75) is 39.4 Å². The maximum absolute atomic E-state index is 13.4. The molecule has 0 fully saturated rings. The van der Waals surface area contributed by atoms with Crippen LogP contribution in [0.2, 0.25) is 0 Å². The Balaban J connectivity index is 1.33. The maximum atomic E-state index is 13.4. The van der Waals surface area contributed by atoms with E-state index < -0.39 is 0 Å². The summed E-state index contributed by atoms with van der Waals surface area (Å²) in [6, 6.07) is 21.8. The van der Waals surface area contributed by atoms with Crippen LogP contribution in [0.25, 0.3) is 22.5 Å². The molecule has 1 aliphatic rings. The molecule has 0 spiro atoms. The average molecular weight is 501 g/mol. The van der Waals surface area contributed by atoms with Gasteiger partial charge < -0.3 is 10.2 Å². The highest BCUT2D eigenvalue weighted by atomic mass is 32.1. The zero-order valence-electron chi connectivity index (χ0n) is 20.3.